The molecule has 2 atom stereocenters. The average Bonchev–Trinajstić information content (AvgIpc) is 3.17. The molecule has 2 rings (SSSR count). The standard InChI is InChI=1S/C13H14O4/c1-16-12(14)9-6-4-3-5-8(9)10-7-11(10)13(15)17-2/h3-6,10-11H,7H2,1-2H3. The Hall–Kier alpha value is -1.84. The van der Waals surface area contributed by atoms with Gasteiger partial charge in [-0.3, -0.25) is 4.79 Å². The van der Waals surface area contributed by atoms with Crippen LogP contribution in [0.15, 0.2) is 24.3 Å². The highest BCUT2D eigenvalue weighted by Gasteiger charge is 2.46. The maximum Gasteiger partial charge on any atom is 0.338 e. The van der Waals surface area contributed by atoms with Crippen molar-refractivity contribution in [3.63, 3.8) is 0 Å². The zero-order valence-corrected chi connectivity index (χ0v) is 9.80. The summed E-state index contributed by atoms with van der Waals surface area (Å²) >= 11 is 0. The van der Waals surface area contributed by atoms with Gasteiger partial charge in [-0.2, -0.15) is 0 Å². The molecule has 0 aromatic heterocycles. The van der Waals surface area contributed by atoms with Gasteiger partial charge in [0, 0.05) is 0 Å². The van der Waals surface area contributed by atoms with E-state index in [1.54, 1.807) is 12.1 Å². The van der Waals surface area contributed by atoms with E-state index in [0.717, 1.165) is 12.0 Å². The van der Waals surface area contributed by atoms with Gasteiger partial charge in [0.25, 0.3) is 0 Å². The lowest BCUT2D eigenvalue weighted by Gasteiger charge is -2.06. The number of rotatable bonds is 3. The van der Waals surface area contributed by atoms with Crippen molar-refractivity contribution in [3.8, 4) is 0 Å². The van der Waals surface area contributed by atoms with Crippen LogP contribution in [0.4, 0.5) is 0 Å². The number of benzene rings is 1. The van der Waals surface area contributed by atoms with Crippen molar-refractivity contribution >= 4 is 11.9 Å². The highest BCUT2D eigenvalue weighted by Crippen LogP contribution is 2.49. The lowest BCUT2D eigenvalue weighted by Crippen LogP contribution is -2.08. The van der Waals surface area contributed by atoms with Crippen LogP contribution < -0.4 is 0 Å². The maximum absolute atomic E-state index is 11.6. The molecular formula is C13H14O4. The summed E-state index contributed by atoms with van der Waals surface area (Å²) in [6.45, 7) is 0. The van der Waals surface area contributed by atoms with Crippen LogP contribution in [0.1, 0.15) is 28.3 Å². The summed E-state index contributed by atoms with van der Waals surface area (Å²) in [4.78, 5) is 22.9. The van der Waals surface area contributed by atoms with Gasteiger partial charge >= 0.3 is 11.9 Å². The predicted octanol–water partition coefficient (Wildman–Crippen LogP) is 1.75. The molecule has 1 aromatic rings. The van der Waals surface area contributed by atoms with Crippen molar-refractivity contribution in [1.82, 2.24) is 0 Å². The molecule has 0 saturated heterocycles. The van der Waals surface area contributed by atoms with Crippen molar-refractivity contribution < 1.29 is 19.1 Å². The summed E-state index contributed by atoms with van der Waals surface area (Å²) in [5, 5.41) is 0. The van der Waals surface area contributed by atoms with Gasteiger partial charge in [0.05, 0.1) is 25.7 Å². The molecular weight excluding hydrogens is 220 g/mol. The first-order valence-corrected chi connectivity index (χ1v) is 5.44. The Labute approximate surface area is 99.5 Å². The molecule has 0 amide bonds. The van der Waals surface area contributed by atoms with Gasteiger partial charge in [0.2, 0.25) is 0 Å². The molecule has 17 heavy (non-hydrogen) atoms. The van der Waals surface area contributed by atoms with E-state index in [1.807, 2.05) is 12.1 Å². The van der Waals surface area contributed by atoms with Gasteiger partial charge in [0.1, 0.15) is 0 Å². The van der Waals surface area contributed by atoms with Crippen LogP contribution >= 0.6 is 0 Å². The smallest absolute Gasteiger partial charge is 0.338 e. The van der Waals surface area contributed by atoms with Crippen LogP contribution in [0.25, 0.3) is 0 Å². The molecule has 1 aliphatic carbocycles. The summed E-state index contributed by atoms with van der Waals surface area (Å²) < 4.78 is 9.42. The zero-order valence-electron chi connectivity index (χ0n) is 9.80. The van der Waals surface area contributed by atoms with Gasteiger partial charge < -0.3 is 9.47 Å². The molecule has 4 nitrogen and oxygen atoms in total. The maximum atomic E-state index is 11.6. The van der Waals surface area contributed by atoms with Crippen molar-refractivity contribution in [1.29, 1.82) is 0 Å². The quantitative estimate of drug-likeness (QED) is 0.748. The number of carbonyl (C=O) groups excluding carboxylic acids is 2. The van der Waals surface area contributed by atoms with E-state index in [1.165, 1.54) is 14.2 Å². The summed E-state index contributed by atoms with van der Waals surface area (Å²) in [5.74, 6) is -0.616. The van der Waals surface area contributed by atoms with E-state index in [-0.39, 0.29) is 23.8 Å². The second-order valence-corrected chi connectivity index (χ2v) is 4.05. The molecule has 0 bridgehead atoms. The Morgan fingerprint density at radius 3 is 2.53 bits per heavy atom. The van der Waals surface area contributed by atoms with Crippen LogP contribution in [0.5, 0.6) is 0 Å². The summed E-state index contributed by atoms with van der Waals surface area (Å²) in [7, 11) is 2.73. The highest BCUT2D eigenvalue weighted by molar-refractivity contribution is 5.92. The first-order valence-electron chi connectivity index (χ1n) is 5.44. The van der Waals surface area contributed by atoms with Crippen molar-refractivity contribution in [2.75, 3.05) is 14.2 Å². The lowest BCUT2D eigenvalue weighted by molar-refractivity contribution is -0.142. The number of ether oxygens (including phenoxy) is 2. The van der Waals surface area contributed by atoms with Crippen LogP contribution in [0.2, 0.25) is 0 Å². The molecule has 0 aliphatic heterocycles. The number of hydrogen-bond donors (Lipinski definition) is 0. The van der Waals surface area contributed by atoms with Gasteiger partial charge in [-0.15, -0.1) is 0 Å². The Kier molecular flexibility index (Phi) is 3.13. The lowest BCUT2D eigenvalue weighted by atomic mass is 10.0. The third kappa shape index (κ3) is 2.16. The molecule has 0 radical (unpaired) electrons. The summed E-state index contributed by atoms with van der Waals surface area (Å²) in [6.07, 6.45) is 0.737. The minimum absolute atomic E-state index is 0.0812. The topological polar surface area (TPSA) is 52.6 Å². The fraction of sp³-hybridized carbons (Fsp3) is 0.385. The van der Waals surface area contributed by atoms with Crippen molar-refractivity contribution in [3.05, 3.63) is 35.4 Å². The van der Waals surface area contributed by atoms with E-state index in [9.17, 15) is 9.59 Å². The van der Waals surface area contributed by atoms with Crippen LogP contribution in [-0.2, 0) is 14.3 Å². The first kappa shape index (κ1) is 11.6. The van der Waals surface area contributed by atoms with Gasteiger partial charge in [-0.05, 0) is 24.0 Å². The second kappa shape index (κ2) is 4.57. The number of esters is 2. The molecule has 0 N–H and O–H groups in total. The Bertz CT molecular complexity index is 452. The van der Waals surface area contributed by atoms with Crippen molar-refractivity contribution in [2.24, 2.45) is 5.92 Å². The number of carbonyl (C=O) groups is 2. The minimum atomic E-state index is -0.365. The van der Waals surface area contributed by atoms with E-state index < -0.39 is 0 Å². The molecule has 4 heteroatoms. The molecule has 90 valence electrons. The van der Waals surface area contributed by atoms with E-state index in [0.29, 0.717) is 5.56 Å². The van der Waals surface area contributed by atoms with Gasteiger partial charge in [-0.1, -0.05) is 18.2 Å². The second-order valence-electron chi connectivity index (χ2n) is 4.05. The first-order chi connectivity index (χ1) is 8.19. The SMILES string of the molecule is COC(=O)c1ccccc1C1CC1C(=O)OC. The van der Waals surface area contributed by atoms with Crippen LogP contribution in [0, 0.1) is 5.92 Å². The largest absolute Gasteiger partial charge is 0.469 e. The van der Waals surface area contributed by atoms with Gasteiger partial charge in [0.15, 0.2) is 0 Å². The molecule has 1 saturated carbocycles. The van der Waals surface area contributed by atoms with E-state index in [2.05, 4.69) is 0 Å². The Morgan fingerprint density at radius 1 is 1.18 bits per heavy atom. The van der Waals surface area contributed by atoms with E-state index >= 15 is 0 Å². The minimum Gasteiger partial charge on any atom is -0.469 e. The normalized spacial score (nSPS) is 21.8. The third-order valence-corrected chi connectivity index (χ3v) is 3.06. The van der Waals surface area contributed by atoms with Crippen LogP contribution in [-0.4, -0.2) is 26.2 Å². The van der Waals surface area contributed by atoms with Gasteiger partial charge in [-0.25, -0.2) is 4.79 Å². The Balaban J connectivity index is 2.23. The van der Waals surface area contributed by atoms with Crippen LogP contribution in [0.3, 0.4) is 0 Å². The Morgan fingerprint density at radius 2 is 1.88 bits per heavy atom. The monoisotopic (exact) mass is 234 g/mol. The average molecular weight is 234 g/mol. The molecule has 0 spiro atoms. The fourth-order valence-corrected chi connectivity index (χ4v) is 2.07. The molecule has 0 heterocycles. The molecule has 1 fully saturated rings. The fourth-order valence-electron chi connectivity index (χ4n) is 2.07. The summed E-state index contributed by atoms with van der Waals surface area (Å²) in [5.41, 5.74) is 1.40. The summed E-state index contributed by atoms with van der Waals surface area (Å²) in [6, 6.07) is 7.22. The number of methoxy groups -OCH3 is 2. The molecule has 1 aliphatic rings. The van der Waals surface area contributed by atoms with Crippen molar-refractivity contribution in [2.45, 2.75) is 12.3 Å². The van der Waals surface area contributed by atoms with E-state index in [4.69, 9.17) is 9.47 Å². The highest BCUT2D eigenvalue weighted by atomic mass is 16.5. The zero-order chi connectivity index (χ0) is 12.4. The predicted molar refractivity (Wildman–Crippen MR) is 60.6 cm³/mol. The third-order valence-electron chi connectivity index (χ3n) is 3.06. The number of hydrogen-bond acceptors (Lipinski definition) is 4. The molecule has 1 aromatic carbocycles. The molecule has 2 unspecified atom stereocenters.